The van der Waals surface area contributed by atoms with Crippen LogP contribution < -0.4 is 5.56 Å². The predicted octanol–water partition coefficient (Wildman–Crippen LogP) is 2.26. The molecule has 0 bridgehead atoms. The van der Waals surface area contributed by atoms with Crippen molar-refractivity contribution in [3.05, 3.63) is 58.0 Å². The number of carboxylic acids is 1. The van der Waals surface area contributed by atoms with Gasteiger partial charge < -0.3 is 15.1 Å². The Morgan fingerprint density at radius 1 is 1.10 bits per heavy atom. The zero-order valence-electron chi connectivity index (χ0n) is 16.8. The monoisotopic (exact) mass is 409 g/mol. The minimum atomic E-state index is -0.876. The summed E-state index contributed by atoms with van der Waals surface area (Å²) in [7, 11) is 1.55. The molecule has 3 aromatic rings. The van der Waals surface area contributed by atoms with Crippen molar-refractivity contribution in [2.24, 2.45) is 13.0 Å². The zero-order chi connectivity index (χ0) is 21.6. The van der Waals surface area contributed by atoms with Crippen molar-refractivity contribution in [1.29, 1.82) is 0 Å². The number of hydrogen-bond donors (Lipinski definition) is 2. The molecule has 0 atom stereocenters. The molecule has 0 unspecified atom stereocenters. The van der Waals surface area contributed by atoms with E-state index >= 15 is 0 Å². The lowest BCUT2D eigenvalue weighted by molar-refractivity contribution is -0.143. The van der Waals surface area contributed by atoms with E-state index in [-0.39, 0.29) is 24.4 Å². The molecule has 4 rings (SSSR count). The number of piperidine rings is 1. The molecule has 2 aromatic heterocycles. The van der Waals surface area contributed by atoms with Gasteiger partial charge in [0.2, 0.25) is 0 Å². The molecule has 30 heavy (non-hydrogen) atoms. The number of aryl methyl sites for hydroxylation is 2. The molecule has 1 amide bonds. The van der Waals surface area contributed by atoms with Crippen molar-refractivity contribution in [1.82, 2.24) is 14.1 Å². The van der Waals surface area contributed by atoms with Gasteiger partial charge >= 0.3 is 5.97 Å². The summed E-state index contributed by atoms with van der Waals surface area (Å²) in [5, 5.41) is 20.2. The van der Waals surface area contributed by atoms with E-state index < -0.39 is 23.4 Å². The lowest BCUT2D eigenvalue weighted by Crippen LogP contribution is -2.43. The van der Waals surface area contributed by atoms with E-state index in [1.54, 1.807) is 17.8 Å². The van der Waals surface area contributed by atoms with Crippen LogP contribution in [0.3, 0.4) is 0 Å². The number of likely N-dealkylation sites (tertiary alicyclic amines) is 1. The molecule has 8 nitrogen and oxygen atoms in total. The largest absolute Gasteiger partial charge is 0.505 e. The van der Waals surface area contributed by atoms with Crippen molar-refractivity contribution in [3.63, 3.8) is 0 Å². The average Bonchev–Trinajstić information content (AvgIpc) is 3.10. The van der Waals surface area contributed by atoms with Crippen LogP contribution in [0.15, 0.2) is 41.3 Å². The van der Waals surface area contributed by atoms with Crippen molar-refractivity contribution in [2.75, 3.05) is 13.1 Å². The Kier molecular flexibility index (Phi) is 4.85. The number of aromatic nitrogens is 2. The van der Waals surface area contributed by atoms with E-state index in [1.807, 2.05) is 37.3 Å². The Labute approximate surface area is 172 Å². The molecular formula is C22H23N3O5. The Balaban J connectivity index is 1.84. The maximum absolute atomic E-state index is 13.2. The topological polar surface area (TPSA) is 104 Å². The summed E-state index contributed by atoms with van der Waals surface area (Å²) in [5.41, 5.74) is 1.99. The standard InChI is InChI=1S/C22H23N3O5/c1-13-12-25-18(16(13)14-6-4-3-5-7-14)19(26)17(20(27)23(25)2)21(28)24-10-8-15(9-11-24)22(29)30/h3-7,12,15,26H,8-11H2,1-2H3,(H,29,30). The van der Waals surface area contributed by atoms with E-state index in [9.17, 15) is 19.5 Å². The first kappa shape index (κ1) is 19.8. The molecule has 0 spiro atoms. The number of rotatable bonds is 3. The number of carbonyl (C=O) groups excluding carboxylic acids is 1. The summed E-state index contributed by atoms with van der Waals surface area (Å²) in [6.07, 6.45) is 2.40. The van der Waals surface area contributed by atoms with Gasteiger partial charge in [0, 0.05) is 31.9 Å². The molecule has 156 valence electrons. The van der Waals surface area contributed by atoms with Gasteiger partial charge in [-0.1, -0.05) is 30.3 Å². The number of nitrogens with zero attached hydrogens (tertiary/aromatic N) is 3. The van der Waals surface area contributed by atoms with Crippen LogP contribution >= 0.6 is 0 Å². The van der Waals surface area contributed by atoms with Gasteiger partial charge in [-0.3, -0.25) is 18.9 Å². The highest BCUT2D eigenvalue weighted by molar-refractivity contribution is 6.01. The van der Waals surface area contributed by atoms with Gasteiger partial charge in [-0.15, -0.1) is 0 Å². The summed E-state index contributed by atoms with van der Waals surface area (Å²) in [6.45, 7) is 2.35. The number of amides is 1. The molecular weight excluding hydrogens is 386 g/mol. The van der Waals surface area contributed by atoms with Crippen LogP contribution in [-0.2, 0) is 11.8 Å². The van der Waals surface area contributed by atoms with Gasteiger partial charge in [0.05, 0.1) is 5.92 Å². The van der Waals surface area contributed by atoms with Crippen molar-refractivity contribution in [2.45, 2.75) is 19.8 Å². The number of carboxylic acid groups (broad SMARTS) is 1. The Morgan fingerprint density at radius 3 is 2.33 bits per heavy atom. The second-order valence-electron chi connectivity index (χ2n) is 7.70. The lowest BCUT2D eigenvalue weighted by Gasteiger charge is -2.30. The van der Waals surface area contributed by atoms with E-state index in [4.69, 9.17) is 5.11 Å². The van der Waals surface area contributed by atoms with Crippen LogP contribution in [0.2, 0.25) is 0 Å². The summed E-state index contributed by atoms with van der Waals surface area (Å²) in [5.74, 6) is -2.29. The smallest absolute Gasteiger partial charge is 0.306 e. The van der Waals surface area contributed by atoms with Gasteiger partial charge in [-0.2, -0.15) is 0 Å². The molecule has 1 saturated heterocycles. The predicted molar refractivity (Wildman–Crippen MR) is 111 cm³/mol. The maximum atomic E-state index is 13.2. The molecule has 1 aliphatic rings. The fourth-order valence-corrected chi connectivity index (χ4v) is 4.21. The van der Waals surface area contributed by atoms with Gasteiger partial charge in [0.1, 0.15) is 5.52 Å². The summed E-state index contributed by atoms with van der Waals surface area (Å²) in [6, 6.07) is 9.48. The molecule has 1 fully saturated rings. The third-order valence-electron chi connectivity index (χ3n) is 5.88. The van der Waals surface area contributed by atoms with E-state index in [0.29, 0.717) is 18.4 Å². The molecule has 0 saturated carbocycles. The molecule has 0 radical (unpaired) electrons. The molecule has 1 aromatic carbocycles. The van der Waals surface area contributed by atoms with Crippen molar-refractivity contribution >= 4 is 17.4 Å². The molecule has 0 aliphatic carbocycles. The highest BCUT2D eigenvalue weighted by atomic mass is 16.4. The van der Waals surface area contributed by atoms with Crippen molar-refractivity contribution in [3.8, 4) is 16.9 Å². The van der Waals surface area contributed by atoms with Crippen molar-refractivity contribution < 1.29 is 19.8 Å². The number of aromatic hydroxyl groups is 1. The Morgan fingerprint density at radius 2 is 1.73 bits per heavy atom. The molecule has 8 heteroatoms. The summed E-state index contributed by atoms with van der Waals surface area (Å²) < 4.78 is 2.87. The lowest BCUT2D eigenvalue weighted by atomic mass is 9.96. The minimum Gasteiger partial charge on any atom is -0.505 e. The first-order valence-corrected chi connectivity index (χ1v) is 9.82. The van der Waals surface area contributed by atoms with E-state index in [0.717, 1.165) is 16.7 Å². The maximum Gasteiger partial charge on any atom is 0.306 e. The fourth-order valence-electron chi connectivity index (χ4n) is 4.21. The number of benzene rings is 1. The van der Waals surface area contributed by atoms with Gasteiger partial charge in [0.15, 0.2) is 11.3 Å². The second kappa shape index (κ2) is 7.37. The average molecular weight is 409 g/mol. The van der Waals surface area contributed by atoms with Crippen LogP contribution in [-0.4, -0.2) is 49.3 Å². The van der Waals surface area contributed by atoms with Crippen LogP contribution in [0.5, 0.6) is 5.75 Å². The van der Waals surface area contributed by atoms with Crippen LogP contribution in [0.25, 0.3) is 16.6 Å². The normalized spacial score (nSPS) is 14.9. The highest BCUT2D eigenvalue weighted by Crippen LogP contribution is 2.36. The highest BCUT2D eigenvalue weighted by Gasteiger charge is 2.32. The van der Waals surface area contributed by atoms with Gasteiger partial charge in [-0.05, 0) is 30.9 Å². The molecule has 3 heterocycles. The SMILES string of the molecule is Cc1cn2c(c(O)c(C(=O)N3CCC(C(=O)O)CC3)c(=O)n2C)c1-c1ccccc1. The first-order chi connectivity index (χ1) is 14.3. The Hall–Kier alpha value is -3.55. The zero-order valence-corrected chi connectivity index (χ0v) is 16.8. The minimum absolute atomic E-state index is 0.231. The third-order valence-corrected chi connectivity index (χ3v) is 5.88. The second-order valence-corrected chi connectivity index (χ2v) is 7.70. The van der Waals surface area contributed by atoms with Gasteiger partial charge in [0.25, 0.3) is 11.5 Å². The van der Waals surface area contributed by atoms with Crippen LogP contribution in [0.4, 0.5) is 0 Å². The van der Waals surface area contributed by atoms with Crippen LogP contribution in [0, 0.1) is 12.8 Å². The third kappa shape index (κ3) is 3.04. The summed E-state index contributed by atoms with van der Waals surface area (Å²) >= 11 is 0. The van der Waals surface area contributed by atoms with E-state index in [2.05, 4.69) is 0 Å². The van der Waals surface area contributed by atoms with E-state index in [1.165, 1.54) is 9.58 Å². The quantitative estimate of drug-likeness (QED) is 0.691. The molecule has 1 aliphatic heterocycles. The number of hydrogen-bond acceptors (Lipinski definition) is 4. The molecule has 2 N–H and O–H groups in total. The summed E-state index contributed by atoms with van der Waals surface area (Å²) in [4.78, 5) is 38.7. The fraction of sp³-hybridized carbons (Fsp3) is 0.318. The van der Waals surface area contributed by atoms with Gasteiger partial charge in [-0.25, -0.2) is 4.68 Å². The van der Waals surface area contributed by atoms with Crippen LogP contribution in [0.1, 0.15) is 28.8 Å². The number of aliphatic carboxylic acids is 1. The number of fused-ring (bicyclic) bond motifs is 1. The number of carbonyl (C=O) groups is 2. The first-order valence-electron chi connectivity index (χ1n) is 9.82. The Bertz CT molecular complexity index is 1200.